The SMILES string of the molecule is C[C@]12CC[C@H]3[C@@H]4CC[C@@]56CC7(CC[C@@]5(O6)C4=CC[C@@]31O2)OCCO7. The van der Waals surface area contributed by atoms with E-state index < -0.39 is 0 Å². The minimum atomic E-state index is -0.338. The molecule has 4 aliphatic carbocycles. The van der Waals surface area contributed by atoms with E-state index in [2.05, 4.69) is 13.0 Å². The van der Waals surface area contributed by atoms with Crippen LogP contribution < -0.4 is 0 Å². The summed E-state index contributed by atoms with van der Waals surface area (Å²) in [6.45, 7) is 3.83. The van der Waals surface area contributed by atoms with Gasteiger partial charge in [0.1, 0.15) is 16.8 Å². The molecule has 0 unspecified atom stereocenters. The van der Waals surface area contributed by atoms with Gasteiger partial charge in [-0.3, -0.25) is 0 Å². The molecule has 7 rings (SSSR count). The summed E-state index contributed by atoms with van der Waals surface area (Å²) in [7, 11) is 0. The van der Waals surface area contributed by atoms with Gasteiger partial charge >= 0.3 is 0 Å². The predicted octanol–water partition coefficient (Wildman–Crippen LogP) is 3.10. The molecule has 2 spiro atoms. The molecule has 3 saturated heterocycles. The smallest absolute Gasteiger partial charge is 0.171 e. The fourth-order valence-corrected chi connectivity index (χ4v) is 7.75. The standard InChI is InChI=1S/C20H26O4/c1-16-5-3-14-13-2-6-17-12-18(21-10-11-22-18)8-9-20(17,24-17)15(13)4-7-19(14,16)23-16/h4,13-14H,2-3,5-12H2,1H3/t13-,14-,16-,17+,19+,20+/m0/s1. The van der Waals surface area contributed by atoms with Crippen LogP contribution >= 0.6 is 0 Å². The van der Waals surface area contributed by atoms with E-state index in [1.807, 2.05) is 0 Å². The molecule has 6 fully saturated rings. The Balaban J connectivity index is 1.26. The van der Waals surface area contributed by atoms with E-state index in [1.165, 1.54) is 25.7 Å². The van der Waals surface area contributed by atoms with Gasteiger partial charge in [-0.15, -0.1) is 0 Å². The Morgan fingerprint density at radius 2 is 1.88 bits per heavy atom. The molecule has 0 N–H and O–H groups in total. The Kier molecular flexibility index (Phi) is 2.10. The summed E-state index contributed by atoms with van der Waals surface area (Å²) in [6.07, 6.45) is 11.7. The summed E-state index contributed by atoms with van der Waals surface area (Å²) in [5.41, 5.74) is 2.02. The summed E-state index contributed by atoms with van der Waals surface area (Å²) in [6, 6.07) is 0. The summed E-state index contributed by atoms with van der Waals surface area (Å²) in [5.74, 6) is 1.08. The maximum atomic E-state index is 6.62. The lowest BCUT2D eigenvalue weighted by molar-refractivity contribution is -0.185. The topological polar surface area (TPSA) is 43.5 Å². The maximum Gasteiger partial charge on any atom is 0.171 e. The summed E-state index contributed by atoms with van der Waals surface area (Å²) < 4.78 is 25.0. The highest BCUT2D eigenvalue weighted by atomic mass is 16.7. The van der Waals surface area contributed by atoms with Crippen LogP contribution in [0.3, 0.4) is 0 Å². The Hall–Kier alpha value is -0.420. The Morgan fingerprint density at radius 1 is 1.00 bits per heavy atom. The van der Waals surface area contributed by atoms with Gasteiger partial charge in [0.2, 0.25) is 0 Å². The van der Waals surface area contributed by atoms with Crippen LogP contribution in [0.2, 0.25) is 0 Å². The highest BCUT2D eigenvalue weighted by molar-refractivity contribution is 5.45. The van der Waals surface area contributed by atoms with Gasteiger partial charge in [-0.05, 0) is 62.9 Å². The maximum absolute atomic E-state index is 6.62. The molecule has 0 radical (unpaired) electrons. The van der Waals surface area contributed by atoms with Crippen molar-refractivity contribution in [2.75, 3.05) is 13.2 Å². The van der Waals surface area contributed by atoms with E-state index in [0.717, 1.165) is 44.8 Å². The molecule has 3 heterocycles. The molecular weight excluding hydrogens is 304 g/mol. The second-order valence-electron chi connectivity index (χ2n) is 9.58. The minimum Gasteiger partial charge on any atom is -0.362 e. The summed E-state index contributed by atoms with van der Waals surface area (Å²) in [4.78, 5) is 0. The van der Waals surface area contributed by atoms with E-state index in [0.29, 0.717) is 5.92 Å². The quantitative estimate of drug-likeness (QED) is 0.506. The van der Waals surface area contributed by atoms with Gasteiger partial charge in [-0.25, -0.2) is 0 Å². The second kappa shape index (κ2) is 3.66. The lowest BCUT2D eigenvalue weighted by Gasteiger charge is -2.46. The van der Waals surface area contributed by atoms with Gasteiger partial charge in [0, 0.05) is 12.8 Å². The van der Waals surface area contributed by atoms with Crippen molar-refractivity contribution < 1.29 is 18.9 Å². The highest BCUT2D eigenvalue weighted by Crippen LogP contribution is 2.76. The number of hydrogen-bond acceptors (Lipinski definition) is 4. The Labute approximate surface area is 142 Å². The van der Waals surface area contributed by atoms with Crippen molar-refractivity contribution in [2.24, 2.45) is 11.8 Å². The molecule has 3 aliphatic heterocycles. The number of hydrogen-bond donors (Lipinski definition) is 0. The van der Waals surface area contributed by atoms with Gasteiger partial charge < -0.3 is 18.9 Å². The van der Waals surface area contributed by atoms with Crippen LogP contribution in [0.5, 0.6) is 0 Å². The van der Waals surface area contributed by atoms with Gasteiger partial charge in [-0.1, -0.05) is 6.08 Å². The molecule has 24 heavy (non-hydrogen) atoms. The normalized spacial score (nSPS) is 61.3. The second-order valence-corrected chi connectivity index (χ2v) is 9.58. The average Bonchev–Trinajstić information content (AvgIpc) is 3.27. The minimum absolute atomic E-state index is 0.00867. The van der Waals surface area contributed by atoms with Crippen LogP contribution in [-0.2, 0) is 18.9 Å². The largest absolute Gasteiger partial charge is 0.362 e. The first-order valence-electron chi connectivity index (χ1n) is 9.95. The molecule has 0 bridgehead atoms. The monoisotopic (exact) mass is 330 g/mol. The zero-order valence-electron chi connectivity index (χ0n) is 14.4. The number of ether oxygens (including phenoxy) is 4. The van der Waals surface area contributed by atoms with Gasteiger partial charge in [-0.2, -0.15) is 0 Å². The van der Waals surface area contributed by atoms with Crippen LogP contribution in [0.15, 0.2) is 11.6 Å². The Bertz CT molecular complexity index is 681. The fraction of sp³-hybridized carbons (Fsp3) is 0.900. The van der Waals surface area contributed by atoms with Crippen LogP contribution in [0.1, 0.15) is 58.3 Å². The predicted molar refractivity (Wildman–Crippen MR) is 85.4 cm³/mol. The summed E-state index contributed by atoms with van der Waals surface area (Å²) >= 11 is 0. The van der Waals surface area contributed by atoms with Crippen molar-refractivity contribution in [3.63, 3.8) is 0 Å². The fourth-order valence-electron chi connectivity index (χ4n) is 7.75. The molecule has 3 saturated carbocycles. The molecule has 0 aromatic carbocycles. The first kappa shape index (κ1) is 13.7. The molecule has 4 heteroatoms. The van der Waals surface area contributed by atoms with Gasteiger partial charge in [0.05, 0.1) is 18.8 Å². The molecule has 4 nitrogen and oxygen atoms in total. The molecular formula is C20H26O4. The zero-order chi connectivity index (χ0) is 15.8. The molecule has 0 aromatic heterocycles. The molecule has 0 aromatic rings. The molecule has 0 amide bonds. The van der Waals surface area contributed by atoms with Crippen molar-refractivity contribution in [1.82, 2.24) is 0 Å². The van der Waals surface area contributed by atoms with Crippen molar-refractivity contribution in [2.45, 2.75) is 86.5 Å². The third-order valence-corrected chi connectivity index (χ3v) is 8.92. The van der Waals surface area contributed by atoms with Crippen molar-refractivity contribution >= 4 is 0 Å². The third kappa shape index (κ3) is 1.25. The van der Waals surface area contributed by atoms with Crippen LogP contribution in [0, 0.1) is 11.8 Å². The van der Waals surface area contributed by atoms with E-state index >= 15 is 0 Å². The van der Waals surface area contributed by atoms with E-state index in [4.69, 9.17) is 18.9 Å². The van der Waals surface area contributed by atoms with Gasteiger partial charge in [0.25, 0.3) is 0 Å². The van der Waals surface area contributed by atoms with Crippen molar-refractivity contribution in [1.29, 1.82) is 0 Å². The first-order valence-corrected chi connectivity index (χ1v) is 9.95. The number of fused-ring (bicyclic) bond motifs is 2. The number of rotatable bonds is 0. The van der Waals surface area contributed by atoms with Crippen LogP contribution in [-0.4, -0.2) is 41.4 Å². The lowest BCUT2D eigenvalue weighted by atomic mass is 9.57. The zero-order valence-corrected chi connectivity index (χ0v) is 14.4. The van der Waals surface area contributed by atoms with E-state index in [1.54, 1.807) is 5.57 Å². The lowest BCUT2D eigenvalue weighted by Crippen LogP contribution is -2.51. The summed E-state index contributed by atoms with van der Waals surface area (Å²) in [5, 5.41) is 0. The average molecular weight is 330 g/mol. The number of epoxide rings is 2. The highest BCUT2D eigenvalue weighted by Gasteiger charge is 2.82. The Morgan fingerprint density at radius 3 is 2.71 bits per heavy atom. The van der Waals surface area contributed by atoms with Crippen molar-refractivity contribution in [3.05, 3.63) is 11.6 Å². The van der Waals surface area contributed by atoms with E-state index in [-0.39, 0.29) is 28.2 Å². The van der Waals surface area contributed by atoms with Crippen LogP contribution in [0.25, 0.3) is 0 Å². The molecule has 130 valence electrons. The first-order chi connectivity index (χ1) is 11.6. The van der Waals surface area contributed by atoms with E-state index in [9.17, 15) is 0 Å². The van der Waals surface area contributed by atoms with Crippen molar-refractivity contribution in [3.8, 4) is 0 Å². The molecule has 7 aliphatic rings. The molecule has 6 atom stereocenters. The van der Waals surface area contributed by atoms with Crippen LogP contribution in [0.4, 0.5) is 0 Å². The third-order valence-electron chi connectivity index (χ3n) is 8.92. The van der Waals surface area contributed by atoms with Gasteiger partial charge in [0.15, 0.2) is 5.79 Å².